The second-order valence-corrected chi connectivity index (χ2v) is 5.67. The average molecular weight is 339 g/mol. The van der Waals surface area contributed by atoms with E-state index in [9.17, 15) is 4.79 Å². The predicted octanol–water partition coefficient (Wildman–Crippen LogP) is 3.49. The van der Waals surface area contributed by atoms with Gasteiger partial charge in [0.15, 0.2) is 0 Å². The van der Waals surface area contributed by atoms with Crippen molar-refractivity contribution in [1.29, 1.82) is 0 Å². The van der Waals surface area contributed by atoms with Gasteiger partial charge in [-0.3, -0.25) is 4.79 Å². The quantitative estimate of drug-likeness (QED) is 0.717. The lowest BCUT2D eigenvalue weighted by Crippen LogP contribution is -2.25. The van der Waals surface area contributed by atoms with E-state index in [4.69, 9.17) is 16.0 Å². The number of nitrogens with zero attached hydrogens (tertiary/aromatic N) is 4. The number of carbonyl (C=O) groups is 1. The molecule has 2 heterocycles. The van der Waals surface area contributed by atoms with Gasteiger partial charge in [-0.05, 0) is 30.3 Å². The Hall–Kier alpha value is -2.99. The number of hydrogen-bond acceptors (Lipinski definition) is 5. The van der Waals surface area contributed by atoms with Crippen LogP contribution in [0.4, 0.5) is 11.7 Å². The number of halogens is 1. The molecule has 0 N–H and O–H groups in total. The molecule has 4 rings (SSSR count). The summed E-state index contributed by atoms with van der Waals surface area (Å²) in [4.78, 5) is 18.2. The molecule has 0 saturated heterocycles. The van der Waals surface area contributed by atoms with Crippen molar-refractivity contribution in [1.82, 2.24) is 10.2 Å². The van der Waals surface area contributed by atoms with E-state index >= 15 is 0 Å². The molecule has 1 amide bonds. The van der Waals surface area contributed by atoms with Gasteiger partial charge in [0.25, 0.3) is 5.91 Å². The zero-order valence-electron chi connectivity index (χ0n) is 12.6. The fraction of sp³-hybridized carbons (Fsp3) is 0.0588. The summed E-state index contributed by atoms with van der Waals surface area (Å²) in [6.45, 7) is 0. The van der Waals surface area contributed by atoms with Crippen molar-refractivity contribution in [3.63, 3.8) is 0 Å². The van der Waals surface area contributed by atoms with Crippen molar-refractivity contribution < 1.29 is 9.21 Å². The fourth-order valence-corrected chi connectivity index (χ4v) is 2.65. The minimum Gasteiger partial charge on any atom is -0.402 e. The molecular formula is C17H11ClN4O2. The van der Waals surface area contributed by atoms with Gasteiger partial charge in [0.2, 0.25) is 5.89 Å². The van der Waals surface area contributed by atoms with Crippen LogP contribution in [0.25, 0.3) is 11.5 Å². The predicted molar refractivity (Wildman–Crippen MR) is 90.8 cm³/mol. The molecule has 0 unspecified atom stereocenters. The standard InChI is InChI=1S/C17H11ClN4O2/c1-22-13-5-3-2-4-12(13)14(16(22)23)19-17-21-20-15(24-17)10-6-8-11(18)9-7-10/h2-9H,1H3/b19-14+. The molecular weight excluding hydrogens is 328 g/mol. The summed E-state index contributed by atoms with van der Waals surface area (Å²) >= 11 is 5.86. The number of rotatable bonds is 2. The van der Waals surface area contributed by atoms with Crippen LogP contribution in [0.15, 0.2) is 57.9 Å². The maximum Gasteiger partial charge on any atom is 0.343 e. The highest BCUT2D eigenvalue weighted by Crippen LogP contribution is 2.30. The molecule has 0 atom stereocenters. The Morgan fingerprint density at radius 2 is 1.83 bits per heavy atom. The molecule has 0 bridgehead atoms. The number of para-hydroxylation sites is 1. The Morgan fingerprint density at radius 1 is 1.08 bits per heavy atom. The lowest BCUT2D eigenvalue weighted by atomic mass is 10.1. The largest absolute Gasteiger partial charge is 0.402 e. The van der Waals surface area contributed by atoms with Crippen LogP contribution in [0.2, 0.25) is 5.02 Å². The lowest BCUT2D eigenvalue weighted by molar-refractivity contribution is -0.111. The summed E-state index contributed by atoms with van der Waals surface area (Å²) < 4.78 is 5.55. The van der Waals surface area contributed by atoms with E-state index in [0.717, 1.165) is 16.8 Å². The molecule has 3 aromatic rings. The minimum atomic E-state index is -0.206. The number of anilines is 1. The Balaban J connectivity index is 1.72. The summed E-state index contributed by atoms with van der Waals surface area (Å²) in [5.41, 5.74) is 2.57. The first-order valence-corrected chi connectivity index (χ1v) is 7.57. The number of fused-ring (bicyclic) bond motifs is 1. The molecule has 0 radical (unpaired) electrons. The Kier molecular flexibility index (Phi) is 3.39. The number of amides is 1. The van der Waals surface area contributed by atoms with E-state index in [2.05, 4.69) is 15.2 Å². The normalized spacial score (nSPS) is 15.2. The molecule has 1 aliphatic rings. The number of likely N-dealkylation sites (N-methyl/N-ethyl adjacent to an activating group) is 1. The van der Waals surface area contributed by atoms with Crippen molar-refractivity contribution in [3.05, 3.63) is 59.1 Å². The topological polar surface area (TPSA) is 71.6 Å². The highest BCUT2D eigenvalue weighted by Gasteiger charge is 2.31. The van der Waals surface area contributed by atoms with E-state index in [1.54, 1.807) is 36.2 Å². The monoisotopic (exact) mass is 338 g/mol. The van der Waals surface area contributed by atoms with Crippen LogP contribution in [0.1, 0.15) is 5.56 Å². The number of hydrogen-bond donors (Lipinski definition) is 0. The van der Waals surface area contributed by atoms with Crippen LogP contribution >= 0.6 is 11.6 Å². The van der Waals surface area contributed by atoms with Crippen LogP contribution in [0.5, 0.6) is 0 Å². The zero-order valence-corrected chi connectivity index (χ0v) is 13.4. The van der Waals surface area contributed by atoms with Gasteiger partial charge in [-0.15, -0.1) is 5.10 Å². The Morgan fingerprint density at radius 3 is 2.62 bits per heavy atom. The Bertz CT molecular complexity index is 963. The molecule has 7 heteroatoms. The molecule has 118 valence electrons. The first-order chi connectivity index (χ1) is 11.6. The molecule has 24 heavy (non-hydrogen) atoms. The highest BCUT2D eigenvalue weighted by molar-refractivity contribution is 6.54. The lowest BCUT2D eigenvalue weighted by Gasteiger charge is -2.07. The second kappa shape index (κ2) is 5.58. The van der Waals surface area contributed by atoms with Crippen LogP contribution in [0, 0.1) is 0 Å². The number of carbonyl (C=O) groups excluding carboxylic acids is 1. The van der Waals surface area contributed by atoms with Crippen molar-refractivity contribution in [2.24, 2.45) is 4.99 Å². The second-order valence-electron chi connectivity index (χ2n) is 5.24. The third-order valence-electron chi connectivity index (χ3n) is 3.74. The van der Waals surface area contributed by atoms with Gasteiger partial charge in [-0.2, -0.15) is 4.99 Å². The van der Waals surface area contributed by atoms with Crippen molar-refractivity contribution in [2.75, 3.05) is 11.9 Å². The first kappa shape index (κ1) is 14.6. The maximum atomic E-state index is 12.4. The van der Waals surface area contributed by atoms with Crippen LogP contribution in [-0.2, 0) is 4.79 Å². The van der Waals surface area contributed by atoms with Gasteiger partial charge in [-0.1, -0.05) is 34.9 Å². The van der Waals surface area contributed by atoms with Crippen molar-refractivity contribution in [3.8, 4) is 11.5 Å². The molecule has 2 aromatic carbocycles. The highest BCUT2D eigenvalue weighted by atomic mass is 35.5. The molecule has 6 nitrogen and oxygen atoms in total. The van der Waals surface area contributed by atoms with Crippen LogP contribution in [-0.4, -0.2) is 28.9 Å². The maximum absolute atomic E-state index is 12.4. The van der Waals surface area contributed by atoms with Gasteiger partial charge in [0.1, 0.15) is 5.71 Å². The molecule has 1 aromatic heterocycles. The van der Waals surface area contributed by atoms with Gasteiger partial charge in [-0.25, -0.2) is 0 Å². The van der Waals surface area contributed by atoms with Crippen LogP contribution < -0.4 is 4.90 Å². The molecule has 0 spiro atoms. The van der Waals surface area contributed by atoms with E-state index in [1.165, 1.54) is 0 Å². The summed E-state index contributed by atoms with van der Waals surface area (Å²) in [5, 5.41) is 8.49. The van der Waals surface area contributed by atoms with Crippen LogP contribution in [0.3, 0.4) is 0 Å². The third kappa shape index (κ3) is 2.37. The van der Waals surface area contributed by atoms with Gasteiger partial charge in [0.05, 0.1) is 5.69 Å². The van der Waals surface area contributed by atoms with Gasteiger partial charge < -0.3 is 9.32 Å². The van der Waals surface area contributed by atoms with Crippen molar-refractivity contribution >= 4 is 34.9 Å². The average Bonchev–Trinajstić information content (AvgIpc) is 3.16. The molecule has 0 fully saturated rings. The van der Waals surface area contributed by atoms with E-state index in [1.807, 2.05) is 24.3 Å². The summed E-state index contributed by atoms with van der Waals surface area (Å²) in [7, 11) is 1.71. The number of benzene rings is 2. The van der Waals surface area contributed by atoms with Gasteiger partial charge in [0, 0.05) is 23.2 Å². The van der Waals surface area contributed by atoms with E-state index in [-0.39, 0.29) is 11.9 Å². The number of aromatic nitrogens is 2. The summed E-state index contributed by atoms with van der Waals surface area (Å²) in [6, 6.07) is 14.5. The van der Waals surface area contributed by atoms with Gasteiger partial charge >= 0.3 is 6.01 Å². The first-order valence-electron chi connectivity index (χ1n) is 7.19. The minimum absolute atomic E-state index is 0.0356. The molecule has 0 aliphatic carbocycles. The Labute approximate surface area is 142 Å². The van der Waals surface area contributed by atoms with E-state index < -0.39 is 0 Å². The number of aliphatic imine (C=N–C) groups is 1. The van der Waals surface area contributed by atoms with E-state index in [0.29, 0.717) is 16.6 Å². The smallest absolute Gasteiger partial charge is 0.343 e. The summed E-state index contributed by atoms with van der Waals surface area (Å²) in [6.07, 6.45) is 0. The third-order valence-corrected chi connectivity index (χ3v) is 3.99. The molecule has 1 aliphatic heterocycles. The fourth-order valence-electron chi connectivity index (χ4n) is 2.52. The van der Waals surface area contributed by atoms with Crippen molar-refractivity contribution in [2.45, 2.75) is 0 Å². The zero-order chi connectivity index (χ0) is 16.7. The molecule has 0 saturated carbocycles. The SMILES string of the molecule is CN1C(=O)/C(=N/c2nnc(-c3ccc(Cl)cc3)o2)c2ccccc21. The summed E-state index contributed by atoms with van der Waals surface area (Å²) in [5.74, 6) is 0.112.